The summed E-state index contributed by atoms with van der Waals surface area (Å²) in [5, 5.41) is 3.48. The average molecular weight is 224 g/mol. The molecule has 0 unspecified atom stereocenters. The molecule has 3 nitrogen and oxygen atoms in total. The van der Waals surface area contributed by atoms with Gasteiger partial charge >= 0.3 is 0 Å². The molecular formula is C13H24N2O. The molecule has 2 rings (SSSR count). The Balaban J connectivity index is 2.07. The lowest BCUT2D eigenvalue weighted by molar-refractivity contribution is -0.138. The molecule has 1 aliphatic heterocycles. The summed E-state index contributed by atoms with van der Waals surface area (Å²) in [6, 6.07) is 0. The predicted molar refractivity (Wildman–Crippen MR) is 65.3 cm³/mol. The van der Waals surface area contributed by atoms with E-state index in [4.69, 9.17) is 0 Å². The van der Waals surface area contributed by atoms with Crippen LogP contribution in [-0.2, 0) is 4.79 Å². The molecule has 1 heterocycles. The van der Waals surface area contributed by atoms with Gasteiger partial charge in [-0.3, -0.25) is 4.79 Å². The van der Waals surface area contributed by atoms with Gasteiger partial charge in [0.1, 0.15) is 0 Å². The Labute approximate surface area is 98.6 Å². The molecule has 0 atom stereocenters. The van der Waals surface area contributed by atoms with Crippen LogP contribution in [0.5, 0.6) is 0 Å². The molecular weight excluding hydrogens is 200 g/mol. The number of carbonyl (C=O) groups is 1. The zero-order chi connectivity index (χ0) is 11.4. The number of hydrogen-bond acceptors (Lipinski definition) is 2. The second-order valence-electron chi connectivity index (χ2n) is 5.17. The van der Waals surface area contributed by atoms with Gasteiger partial charge in [-0.1, -0.05) is 26.2 Å². The van der Waals surface area contributed by atoms with Crippen molar-refractivity contribution in [3.8, 4) is 0 Å². The van der Waals surface area contributed by atoms with Crippen LogP contribution in [0.4, 0.5) is 0 Å². The minimum absolute atomic E-state index is 0.211. The number of carbonyl (C=O) groups excluding carboxylic acids is 1. The van der Waals surface area contributed by atoms with E-state index in [9.17, 15) is 4.79 Å². The van der Waals surface area contributed by atoms with Crippen molar-refractivity contribution in [2.45, 2.75) is 57.4 Å². The van der Waals surface area contributed by atoms with E-state index in [2.05, 4.69) is 17.1 Å². The van der Waals surface area contributed by atoms with E-state index >= 15 is 0 Å². The van der Waals surface area contributed by atoms with Gasteiger partial charge in [0, 0.05) is 13.1 Å². The summed E-state index contributed by atoms with van der Waals surface area (Å²) in [4.78, 5) is 14.7. The first kappa shape index (κ1) is 11.9. The molecule has 0 radical (unpaired) electrons. The Bertz CT molecular complexity index is 235. The van der Waals surface area contributed by atoms with E-state index < -0.39 is 0 Å². The summed E-state index contributed by atoms with van der Waals surface area (Å²) >= 11 is 0. The number of nitrogens with zero attached hydrogens (tertiary/aromatic N) is 1. The number of amides is 1. The summed E-state index contributed by atoms with van der Waals surface area (Å²) in [6.45, 7) is 4.96. The van der Waals surface area contributed by atoms with Gasteiger partial charge in [0.25, 0.3) is 0 Å². The lowest BCUT2D eigenvalue weighted by Gasteiger charge is -2.39. The molecule has 0 aromatic carbocycles. The minimum Gasteiger partial charge on any atom is -0.341 e. The number of likely N-dealkylation sites (tertiary alicyclic amines) is 1. The first-order valence-electron chi connectivity index (χ1n) is 6.83. The van der Waals surface area contributed by atoms with Crippen molar-refractivity contribution in [1.82, 2.24) is 10.2 Å². The normalized spacial score (nSPS) is 24.7. The average Bonchev–Trinajstić information content (AvgIpc) is 2.83. The van der Waals surface area contributed by atoms with Gasteiger partial charge in [-0.15, -0.1) is 0 Å². The number of rotatable bonds is 3. The maximum atomic E-state index is 12.6. The molecule has 0 bridgehead atoms. The third kappa shape index (κ3) is 2.24. The van der Waals surface area contributed by atoms with E-state index in [1.807, 2.05) is 0 Å². The molecule has 3 heteroatoms. The van der Waals surface area contributed by atoms with Crippen LogP contribution in [0.2, 0.25) is 0 Å². The number of hydrogen-bond donors (Lipinski definition) is 1. The summed E-state index contributed by atoms with van der Waals surface area (Å²) in [5.74, 6) is 0.381. The van der Waals surface area contributed by atoms with E-state index in [0.717, 1.165) is 32.5 Å². The quantitative estimate of drug-likeness (QED) is 0.794. The van der Waals surface area contributed by atoms with Crippen molar-refractivity contribution < 1.29 is 4.79 Å². The molecule has 1 aliphatic carbocycles. The highest BCUT2D eigenvalue weighted by Crippen LogP contribution is 2.31. The van der Waals surface area contributed by atoms with Crippen molar-refractivity contribution in [3.63, 3.8) is 0 Å². The number of nitrogens with one attached hydrogen (secondary N) is 1. The summed E-state index contributed by atoms with van der Waals surface area (Å²) in [5.41, 5.74) is -0.211. The fraction of sp³-hybridized carbons (Fsp3) is 0.923. The Hall–Kier alpha value is -0.570. The van der Waals surface area contributed by atoms with Gasteiger partial charge in [0.2, 0.25) is 5.91 Å². The smallest absolute Gasteiger partial charge is 0.242 e. The van der Waals surface area contributed by atoms with Crippen molar-refractivity contribution in [2.24, 2.45) is 0 Å². The van der Waals surface area contributed by atoms with Crippen LogP contribution >= 0.6 is 0 Å². The molecule has 1 amide bonds. The topological polar surface area (TPSA) is 32.3 Å². The Morgan fingerprint density at radius 2 is 1.75 bits per heavy atom. The summed E-state index contributed by atoms with van der Waals surface area (Å²) in [6.07, 6.45) is 8.15. The first-order chi connectivity index (χ1) is 7.78. The monoisotopic (exact) mass is 224 g/mol. The highest BCUT2D eigenvalue weighted by molar-refractivity contribution is 5.86. The fourth-order valence-corrected chi connectivity index (χ4v) is 3.18. The highest BCUT2D eigenvalue weighted by atomic mass is 16.2. The van der Waals surface area contributed by atoms with E-state index in [1.165, 1.54) is 32.1 Å². The molecule has 2 aliphatic rings. The van der Waals surface area contributed by atoms with Crippen LogP contribution < -0.4 is 5.32 Å². The second-order valence-corrected chi connectivity index (χ2v) is 5.17. The third-order valence-electron chi connectivity index (χ3n) is 4.02. The van der Waals surface area contributed by atoms with Gasteiger partial charge in [-0.25, -0.2) is 0 Å². The van der Waals surface area contributed by atoms with Crippen molar-refractivity contribution in [2.75, 3.05) is 19.6 Å². The predicted octanol–water partition coefficient (Wildman–Crippen LogP) is 1.92. The fourth-order valence-electron chi connectivity index (χ4n) is 3.18. The van der Waals surface area contributed by atoms with Crippen LogP contribution in [0.1, 0.15) is 51.9 Å². The molecule has 2 fully saturated rings. The van der Waals surface area contributed by atoms with Crippen LogP contribution in [-0.4, -0.2) is 36.0 Å². The molecule has 1 saturated heterocycles. The Kier molecular flexibility index (Phi) is 3.85. The minimum atomic E-state index is -0.211. The molecule has 1 N–H and O–H groups in total. The van der Waals surface area contributed by atoms with Gasteiger partial charge in [0.05, 0.1) is 5.54 Å². The maximum absolute atomic E-state index is 12.6. The van der Waals surface area contributed by atoms with Crippen LogP contribution in [0, 0.1) is 0 Å². The zero-order valence-corrected chi connectivity index (χ0v) is 10.4. The van der Waals surface area contributed by atoms with Crippen LogP contribution in [0.25, 0.3) is 0 Å². The summed E-state index contributed by atoms with van der Waals surface area (Å²) in [7, 11) is 0. The van der Waals surface area contributed by atoms with E-state index in [-0.39, 0.29) is 5.54 Å². The van der Waals surface area contributed by atoms with E-state index in [0.29, 0.717) is 5.91 Å². The van der Waals surface area contributed by atoms with Crippen molar-refractivity contribution in [3.05, 3.63) is 0 Å². The van der Waals surface area contributed by atoms with Crippen molar-refractivity contribution >= 4 is 5.91 Å². The number of likely N-dealkylation sites (N-methyl/N-ethyl adjacent to an activating group) is 1. The molecule has 0 aromatic heterocycles. The van der Waals surface area contributed by atoms with Crippen LogP contribution in [0.3, 0.4) is 0 Å². The van der Waals surface area contributed by atoms with Crippen molar-refractivity contribution in [1.29, 1.82) is 0 Å². The molecule has 1 saturated carbocycles. The second kappa shape index (κ2) is 5.17. The lowest BCUT2D eigenvalue weighted by atomic mass is 9.80. The molecule has 0 aromatic rings. The largest absolute Gasteiger partial charge is 0.341 e. The molecule has 92 valence electrons. The maximum Gasteiger partial charge on any atom is 0.242 e. The summed E-state index contributed by atoms with van der Waals surface area (Å²) < 4.78 is 0. The van der Waals surface area contributed by atoms with Gasteiger partial charge in [0.15, 0.2) is 0 Å². The lowest BCUT2D eigenvalue weighted by Crippen LogP contribution is -2.58. The molecule has 0 spiro atoms. The first-order valence-corrected chi connectivity index (χ1v) is 6.83. The Morgan fingerprint density at radius 1 is 1.12 bits per heavy atom. The van der Waals surface area contributed by atoms with E-state index in [1.54, 1.807) is 0 Å². The standard InChI is InChI=1S/C13H24N2O/c1-2-14-13(8-4-3-5-9-13)12(16)15-10-6-7-11-15/h14H,2-11H2,1H3. The van der Waals surface area contributed by atoms with Gasteiger partial charge in [-0.2, -0.15) is 0 Å². The SMILES string of the molecule is CCNC1(C(=O)N2CCCC2)CCCCC1. The van der Waals surface area contributed by atoms with Gasteiger partial charge in [-0.05, 0) is 32.2 Å². The zero-order valence-electron chi connectivity index (χ0n) is 10.4. The highest BCUT2D eigenvalue weighted by Gasteiger charge is 2.41. The third-order valence-corrected chi connectivity index (χ3v) is 4.02. The molecule has 16 heavy (non-hydrogen) atoms. The van der Waals surface area contributed by atoms with Gasteiger partial charge < -0.3 is 10.2 Å². The van der Waals surface area contributed by atoms with Crippen LogP contribution in [0.15, 0.2) is 0 Å². The Morgan fingerprint density at radius 3 is 2.31 bits per heavy atom.